The van der Waals surface area contributed by atoms with E-state index in [-0.39, 0.29) is 11.5 Å². The maximum absolute atomic E-state index is 14.1. The Kier molecular flexibility index (Phi) is 5.69. The number of halogens is 1. The molecule has 0 saturated carbocycles. The molecular formula is C22H27FN3O2S+. The lowest BCUT2D eigenvalue weighted by atomic mass is 9.88. The summed E-state index contributed by atoms with van der Waals surface area (Å²) < 4.78 is 14.1. The van der Waals surface area contributed by atoms with E-state index < -0.39 is 11.7 Å². The molecule has 1 aromatic carbocycles. The van der Waals surface area contributed by atoms with E-state index in [0.717, 1.165) is 37.9 Å². The molecule has 1 saturated heterocycles. The van der Waals surface area contributed by atoms with Crippen molar-refractivity contribution in [2.75, 3.05) is 38.5 Å². The number of piperazine rings is 1. The van der Waals surface area contributed by atoms with Gasteiger partial charge in [-0.25, -0.2) is 4.39 Å². The highest BCUT2D eigenvalue weighted by molar-refractivity contribution is 7.17. The number of hydrogen-bond acceptors (Lipinski definition) is 3. The van der Waals surface area contributed by atoms with Crippen LogP contribution in [0.15, 0.2) is 24.3 Å². The van der Waals surface area contributed by atoms with Crippen LogP contribution in [-0.4, -0.2) is 49.9 Å². The Morgan fingerprint density at radius 1 is 1.24 bits per heavy atom. The SMILES string of the molecule is C[C@H]1CCc2c(sc(NC(=O)c3ccccc3F)c2C(=O)N2CC[NH+](C)CC2)C1. The summed E-state index contributed by atoms with van der Waals surface area (Å²) in [5, 5.41) is 3.42. The van der Waals surface area contributed by atoms with Gasteiger partial charge in [0.25, 0.3) is 11.8 Å². The van der Waals surface area contributed by atoms with Gasteiger partial charge < -0.3 is 15.1 Å². The molecule has 2 amide bonds. The highest BCUT2D eigenvalue weighted by Gasteiger charge is 2.32. The van der Waals surface area contributed by atoms with Gasteiger partial charge in [-0.3, -0.25) is 9.59 Å². The van der Waals surface area contributed by atoms with Gasteiger partial charge in [0.1, 0.15) is 10.8 Å². The van der Waals surface area contributed by atoms with E-state index in [0.29, 0.717) is 29.6 Å². The van der Waals surface area contributed by atoms with Crippen molar-refractivity contribution in [1.82, 2.24) is 4.90 Å². The molecule has 2 aromatic rings. The number of hydrogen-bond donors (Lipinski definition) is 2. The van der Waals surface area contributed by atoms with Crippen molar-refractivity contribution in [3.05, 3.63) is 51.7 Å². The molecule has 1 atom stereocenters. The molecule has 0 unspecified atom stereocenters. The number of amides is 2. The van der Waals surface area contributed by atoms with Gasteiger partial charge in [-0.2, -0.15) is 0 Å². The maximum Gasteiger partial charge on any atom is 0.259 e. The molecule has 4 rings (SSSR count). The highest BCUT2D eigenvalue weighted by Crippen LogP contribution is 2.40. The minimum absolute atomic E-state index is 0.00571. The first-order valence-corrected chi connectivity index (χ1v) is 11.1. The second kappa shape index (κ2) is 8.24. The fourth-order valence-electron chi connectivity index (χ4n) is 4.13. The van der Waals surface area contributed by atoms with Crippen LogP contribution in [0, 0.1) is 11.7 Å². The predicted octanol–water partition coefficient (Wildman–Crippen LogP) is 2.23. The fourth-order valence-corrected chi connectivity index (χ4v) is 5.53. The number of nitrogens with one attached hydrogen (secondary N) is 2. The zero-order chi connectivity index (χ0) is 20.5. The summed E-state index contributed by atoms with van der Waals surface area (Å²) in [5.41, 5.74) is 1.70. The molecule has 0 spiro atoms. The summed E-state index contributed by atoms with van der Waals surface area (Å²) >= 11 is 1.48. The number of likely N-dealkylation sites (N-methyl/N-ethyl adjacent to an activating group) is 1. The summed E-state index contributed by atoms with van der Waals surface area (Å²) in [7, 11) is 2.13. The normalized spacial score (nSPS) is 19.7. The van der Waals surface area contributed by atoms with E-state index in [1.807, 2.05) is 4.90 Å². The van der Waals surface area contributed by atoms with Gasteiger partial charge in [0, 0.05) is 4.88 Å². The first-order chi connectivity index (χ1) is 13.9. The molecule has 1 aliphatic heterocycles. The quantitative estimate of drug-likeness (QED) is 0.806. The second-order valence-corrected chi connectivity index (χ2v) is 9.34. The predicted molar refractivity (Wildman–Crippen MR) is 112 cm³/mol. The number of carbonyl (C=O) groups excluding carboxylic acids is 2. The highest BCUT2D eigenvalue weighted by atomic mass is 32.1. The van der Waals surface area contributed by atoms with Gasteiger partial charge in [-0.05, 0) is 42.9 Å². The number of benzene rings is 1. The zero-order valence-corrected chi connectivity index (χ0v) is 17.7. The molecular weight excluding hydrogens is 389 g/mol. The van der Waals surface area contributed by atoms with E-state index in [1.54, 1.807) is 12.1 Å². The number of carbonyl (C=O) groups is 2. The van der Waals surface area contributed by atoms with Crippen molar-refractivity contribution >= 4 is 28.2 Å². The number of rotatable bonds is 3. The lowest BCUT2D eigenvalue weighted by molar-refractivity contribution is -0.883. The number of fused-ring (bicyclic) bond motifs is 1. The van der Waals surface area contributed by atoms with Gasteiger partial charge in [0.15, 0.2) is 0 Å². The number of nitrogens with zero attached hydrogens (tertiary/aromatic N) is 1. The average Bonchev–Trinajstić information content (AvgIpc) is 3.05. The minimum Gasteiger partial charge on any atom is -0.334 e. The van der Waals surface area contributed by atoms with E-state index >= 15 is 0 Å². The smallest absolute Gasteiger partial charge is 0.259 e. The Morgan fingerprint density at radius 2 is 1.97 bits per heavy atom. The standard InChI is InChI=1S/C22H26FN3O2S/c1-14-7-8-16-18(13-14)29-21(24-20(27)15-5-3-4-6-17(15)23)19(16)22(28)26-11-9-25(2)10-12-26/h3-6,14H,7-13H2,1-2H3,(H,24,27)/p+1/t14-/m0/s1. The van der Waals surface area contributed by atoms with Gasteiger partial charge in [0.2, 0.25) is 0 Å². The third-order valence-corrected chi connectivity index (χ3v) is 7.15. The topological polar surface area (TPSA) is 53.9 Å². The van der Waals surface area contributed by atoms with Crippen LogP contribution < -0.4 is 10.2 Å². The summed E-state index contributed by atoms with van der Waals surface area (Å²) in [6.07, 6.45) is 2.81. The Hall–Kier alpha value is -2.25. The third-order valence-electron chi connectivity index (χ3n) is 5.98. The molecule has 29 heavy (non-hydrogen) atoms. The van der Waals surface area contributed by atoms with Gasteiger partial charge in [-0.15, -0.1) is 11.3 Å². The fraction of sp³-hybridized carbons (Fsp3) is 0.455. The number of quaternary nitrogens is 1. The molecule has 0 radical (unpaired) electrons. The van der Waals surface area contributed by atoms with Crippen molar-refractivity contribution < 1.29 is 18.9 Å². The molecule has 7 heteroatoms. The van der Waals surface area contributed by atoms with E-state index in [4.69, 9.17) is 0 Å². The molecule has 0 bridgehead atoms. The van der Waals surface area contributed by atoms with Crippen LogP contribution in [0.25, 0.3) is 0 Å². The van der Waals surface area contributed by atoms with Crippen molar-refractivity contribution in [3.63, 3.8) is 0 Å². The first-order valence-electron chi connectivity index (χ1n) is 10.2. The average molecular weight is 417 g/mol. The van der Waals surface area contributed by atoms with Crippen LogP contribution in [0.2, 0.25) is 0 Å². The Labute approximate surface area is 174 Å². The largest absolute Gasteiger partial charge is 0.334 e. The number of anilines is 1. The van der Waals surface area contributed by atoms with Gasteiger partial charge in [0.05, 0.1) is 44.4 Å². The Balaban J connectivity index is 1.67. The van der Waals surface area contributed by atoms with Crippen LogP contribution in [0.4, 0.5) is 9.39 Å². The molecule has 2 N–H and O–H groups in total. The molecule has 2 heterocycles. The van der Waals surface area contributed by atoms with Gasteiger partial charge >= 0.3 is 0 Å². The molecule has 1 aromatic heterocycles. The first kappa shape index (κ1) is 20.0. The molecule has 1 fully saturated rings. The Morgan fingerprint density at radius 3 is 2.69 bits per heavy atom. The summed E-state index contributed by atoms with van der Waals surface area (Å²) in [6, 6.07) is 5.93. The zero-order valence-electron chi connectivity index (χ0n) is 16.9. The summed E-state index contributed by atoms with van der Waals surface area (Å²) in [6.45, 7) is 5.49. The summed E-state index contributed by atoms with van der Waals surface area (Å²) in [5.74, 6) is -0.513. The molecule has 154 valence electrons. The van der Waals surface area contributed by atoms with Gasteiger partial charge in [-0.1, -0.05) is 19.1 Å². The second-order valence-electron chi connectivity index (χ2n) is 8.24. The molecule has 5 nitrogen and oxygen atoms in total. The summed E-state index contributed by atoms with van der Waals surface area (Å²) in [4.78, 5) is 30.6. The van der Waals surface area contributed by atoms with E-state index in [1.165, 1.54) is 33.2 Å². The van der Waals surface area contributed by atoms with Crippen LogP contribution in [0.5, 0.6) is 0 Å². The van der Waals surface area contributed by atoms with Crippen LogP contribution >= 0.6 is 11.3 Å². The van der Waals surface area contributed by atoms with E-state index in [9.17, 15) is 14.0 Å². The third kappa shape index (κ3) is 4.07. The van der Waals surface area contributed by atoms with Crippen molar-refractivity contribution in [2.45, 2.75) is 26.2 Å². The van der Waals surface area contributed by atoms with Crippen molar-refractivity contribution in [1.29, 1.82) is 0 Å². The Bertz CT molecular complexity index is 934. The monoisotopic (exact) mass is 416 g/mol. The molecule has 2 aliphatic rings. The molecule has 1 aliphatic carbocycles. The minimum atomic E-state index is -0.560. The van der Waals surface area contributed by atoms with Crippen molar-refractivity contribution in [2.24, 2.45) is 5.92 Å². The lowest BCUT2D eigenvalue weighted by Gasteiger charge is -2.30. The van der Waals surface area contributed by atoms with Crippen molar-refractivity contribution in [3.8, 4) is 0 Å². The maximum atomic E-state index is 14.1. The lowest BCUT2D eigenvalue weighted by Crippen LogP contribution is -3.12. The van der Waals surface area contributed by atoms with E-state index in [2.05, 4.69) is 19.3 Å². The van der Waals surface area contributed by atoms with Crippen LogP contribution in [0.3, 0.4) is 0 Å². The van der Waals surface area contributed by atoms with Crippen LogP contribution in [-0.2, 0) is 12.8 Å². The number of thiophene rings is 1. The van der Waals surface area contributed by atoms with Crippen LogP contribution in [0.1, 0.15) is 44.5 Å².